The average molecular weight is 354 g/mol. The van der Waals surface area contributed by atoms with Crippen LogP contribution in [-0.2, 0) is 10.0 Å². The Labute approximate surface area is 138 Å². The second-order valence-corrected chi connectivity index (χ2v) is 7.54. The number of nitrogens with zero attached hydrogens (tertiary/aromatic N) is 2. The van der Waals surface area contributed by atoms with Crippen LogP contribution in [0.15, 0.2) is 34.3 Å². The Balaban J connectivity index is 2.11. The van der Waals surface area contributed by atoms with Gasteiger partial charge >= 0.3 is 0 Å². The minimum Gasteiger partial charge on any atom is -0.370 e. The predicted molar refractivity (Wildman–Crippen MR) is 90.2 cm³/mol. The van der Waals surface area contributed by atoms with E-state index in [0.29, 0.717) is 15.8 Å². The number of aliphatic imine (C=N–C) groups is 1. The van der Waals surface area contributed by atoms with Crippen LogP contribution >= 0.6 is 11.6 Å². The molecule has 122 valence electrons. The van der Waals surface area contributed by atoms with Gasteiger partial charge in [0.1, 0.15) is 0 Å². The van der Waals surface area contributed by atoms with Gasteiger partial charge in [-0.3, -0.25) is 0 Å². The van der Waals surface area contributed by atoms with Gasteiger partial charge in [0.15, 0.2) is 11.8 Å². The highest BCUT2D eigenvalue weighted by Gasteiger charge is 2.25. The Hall–Kier alpha value is -1.90. The number of hydrogen-bond acceptors (Lipinski definition) is 4. The molecule has 1 aliphatic carbocycles. The zero-order chi connectivity index (χ0) is 16.6. The van der Waals surface area contributed by atoms with Gasteiger partial charge < -0.3 is 11.5 Å². The van der Waals surface area contributed by atoms with E-state index >= 15 is 0 Å². The summed E-state index contributed by atoms with van der Waals surface area (Å²) in [5, 5.41) is 1.50. The van der Waals surface area contributed by atoms with Crippen molar-refractivity contribution in [3.05, 3.63) is 29.4 Å². The molecule has 7 nitrogen and oxygen atoms in total. The molecule has 1 aromatic carbocycles. The molecule has 1 aromatic heterocycles. The molecule has 0 atom stereocenters. The van der Waals surface area contributed by atoms with Crippen molar-refractivity contribution < 1.29 is 8.42 Å². The SMILES string of the molecule is NC(N)=Nc1ncc(Cl)c2ccc(S(=O)(=O)NC3CCC3)cc12. The van der Waals surface area contributed by atoms with E-state index in [-0.39, 0.29) is 22.7 Å². The molecular weight excluding hydrogens is 338 g/mol. The fraction of sp³-hybridized carbons (Fsp3) is 0.286. The van der Waals surface area contributed by atoms with Crippen LogP contribution in [0.25, 0.3) is 10.8 Å². The number of aromatic nitrogens is 1. The van der Waals surface area contributed by atoms with Gasteiger partial charge in [-0.2, -0.15) is 4.99 Å². The monoisotopic (exact) mass is 353 g/mol. The Bertz CT molecular complexity index is 889. The van der Waals surface area contributed by atoms with Gasteiger partial charge in [0, 0.05) is 23.0 Å². The van der Waals surface area contributed by atoms with Gasteiger partial charge in [0.25, 0.3) is 0 Å². The first kappa shape index (κ1) is 16.0. The number of sulfonamides is 1. The molecule has 0 aliphatic heterocycles. The lowest BCUT2D eigenvalue weighted by Crippen LogP contribution is -2.39. The number of fused-ring (bicyclic) bond motifs is 1. The van der Waals surface area contributed by atoms with Crippen molar-refractivity contribution in [1.29, 1.82) is 0 Å². The van der Waals surface area contributed by atoms with Crippen molar-refractivity contribution in [1.82, 2.24) is 9.71 Å². The van der Waals surface area contributed by atoms with E-state index in [1.807, 2.05) is 0 Å². The maximum Gasteiger partial charge on any atom is 0.240 e. The van der Waals surface area contributed by atoms with Crippen LogP contribution in [0.2, 0.25) is 5.02 Å². The molecule has 1 heterocycles. The highest BCUT2D eigenvalue weighted by atomic mass is 35.5. The lowest BCUT2D eigenvalue weighted by Gasteiger charge is -2.26. The maximum absolute atomic E-state index is 12.4. The van der Waals surface area contributed by atoms with Crippen molar-refractivity contribution in [2.45, 2.75) is 30.2 Å². The van der Waals surface area contributed by atoms with Crippen molar-refractivity contribution in [3.63, 3.8) is 0 Å². The molecule has 0 saturated heterocycles. The second-order valence-electron chi connectivity index (χ2n) is 5.42. The molecule has 2 aromatic rings. The smallest absolute Gasteiger partial charge is 0.240 e. The fourth-order valence-electron chi connectivity index (χ4n) is 2.37. The van der Waals surface area contributed by atoms with E-state index in [0.717, 1.165) is 19.3 Å². The van der Waals surface area contributed by atoms with Crippen LogP contribution in [0.1, 0.15) is 19.3 Å². The first-order chi connectivity index (χ1) is 10.9. The van der Waals surface area contributed by atoms with Gasteiger partial charge in [-0.05, 0) is 25.0 Å². The number of pyridine rings is 1. The molecule has 1 fully saturated rings. The molecule has 3 rings (SSSR count). The van der Waals surface area contributed by atoms with Gasteiger partial charge in [-0.15, -0.1) is 0 Å². The summed E-state index contributed by atoms with van der Waals surface area (Å²) >= 11 is 6.11. The van der Waals surface area contributed by atoms with Gasteiger partial charge in [0.2, 0.25) is 10.0 Å². The summed E-state index contributed by atoms with van der Waals surface area (Å²) in [6.45, 7) is 0. The van der Waals surface area contributed by atoms with Gasteiger partial charge in [-0.1, -0.05) is 24.1 Å². The summed E-state index contributed by atoms with van der Waals surface area (Å²) in [5.41, 5.74) is 10.8. The number of nitrogens with two attached hydrogens (primary N) is 2. The quantitative estimate of drug-likeness (QED) is 0.569. The standard InChI is InChI=1S/C14H16ClN5O2S/c15-12-7-18-13(19-14(16)17)11-6-9(4-5-10(11)12)23(21,22)20-8-2-1-3-8/h4-8,20H,1-3H2,(H4,16,17,18,19). The number of hydrogen-bond donors (Lipinski definition) is 3. The second kappa shape index (κ2) is 5.95. The van der Waals surface area contributed by atoms with E-state index in [1.54, 1.807) is 6.07 Å². The lowest BCUT2D eigenvalue weighted by atomic mass is 9.94. The summed E-state index contributed by atoms with van der Waals surface area (Å²) in [6.07, 6.45) is 4.18. The number of rotatable bonds is 4. The zero-order valence-corrected chi connectivity index (χ0v) is 13.7. The summed E-state index contributed by atoms with van der Waals surface area (Å²) in [5.74, 6) is 0.0621. The van der Waals surface area contributed by atoms with E-state index in [2.05, 4.69) is 14.7 Å². The summed E-state index contributed by atoms with van der Waals surface area (Å²) in [7, 11) is -3.60. The predicted octanol–water partition coefficient (Wildman–Crippen LogP) is 1.62. The first-order valence-corrected chi connectivity index (χ1v) is 8.93. The average Bonchev–Trinajstić information content (AvgIpc) is 2.45. The molecule has 0 amide bonds. The van der Waals surface area contributed by atoms with Crippen LogP contribution in [0.5, 0.6) is 0 Å². The minimum atomic E-state index is -3.60. The third-order valence-electron chi connectivity index (χ3n) is 3.76. The Kier molecular flexibility index (Phi) is 4.13. The van der Waals surface area contributed by atoms with Crippen molar-refractivity contribution >= 4 is 44.2 Å². The molecule has 1 aliphatic rings. The molecule has 0 radical (unpaired) electrons. The van der Waals surface area contributed by atoms with E-state index in [9.17, 15) is 8.42 Å². The van der Waals surface area contributed by atoms with E-state index in [1.165, 1.54) is 18.3 Å². The highest BCUT2D eigenvalue weighted by molar-refractivity contribution is 7.89. The van der Waals surface area contributed by atoms with E-state index in [4.69, 9.17) is 23.1 Å². The molecular formula is C14H16ClN5O2S. The van der Waals surface area contributed by atoms with Crippen LogP contribution < -0.4 is 16.2 Å². The number of guanidine groups is 1. The number of halogens is 1. The largest absolute Gasteiger partial charge is 0.370 e. The molecule has 0 bridgehead atoms. The fourth-order valence-corrected chi connectivity index (χ4v) is 3.91. The van der Waals surface area contributed by atoms with Crippen LogP contribution in [0.4, 0.5) is 5.82 Å². The van der Waals surface area contributed by atoms with Crippen molar-refractivity contribution in [3.8, 4) is 0 Å². The zero-order valence-electron chi connectivity index (χ0n) is 12.2. The van der Waals surface area contributed by atoms with Crippen molar-refractivity contribution in [2.75, 3.05) is 0 Å². The van der Waals surface area contributed by atoms with Crippen LogP contribution in [0, 0.1) is 0 Å². The van der Waals surface area contributed by atoms with Gasteiger partial charge in [-0.25, -0.2) is 18.1 Å². The van der Waals surface area contributed by atoms with Crippen LogP contribution in [0.3, 0.4) is 0 Å². The normalized spacial score (nSPS) is 15.3. The Morgan fingerprint density at radius 3 is 2.65 bits per heavy atom. The molecule has 0 unspecified atom stereocenters. The van der Waals surface area contributed by atoms with E-state index < -0.39 is 10.0 Å². The summed E-state index contributed by atoms with van der Waals surface area (Å²) in [6, 6.07) is 4.62. The first-order valence-electron chi connectivity index (χ1n) is 7.07. The molecule has 1 saturated carbocycles. The molecule has 5 N–H and O–H groups in total. The number of benzene rings is 1. The van der Waals surface area contributed by atoms with Gasteiger partial charge in [0.05, 0.1) is 9.92 Å². The van der Waals surface area contributed by atoms with Crippen LogP contribution in [-0.4, -0.2) is 25.4 Å². The summed E-state index contributed by atoms with van der Waals surface area (Å²) < 4.78 is 27.6. The van der Waals surface area contributed by atoms with Crippen molar-refractivity contribution in [2.24, 2.45) is 16.5 Å². The molecule has 23 heavy (non-hydrogen) atoms. The molecule has 9 heteroatoms. The maximum atomic E-state index is 12.4. The topological polar surface area (TPSA) is 123 Å². The molecule has 0 spiro atoms. The Morgan fingerprint density at radius 1 is 1.30 bits per heavy atom. The third kappa shape index (κ3) is 3.24. The third-order valence-corrected chi connectivity index (χ3v) is 5.58. The lowest BCUT2D eigenvalue weighted by molar-refractivity contribution is 0.383. The highest BCUT2D eigenvalue weighted by Crippen LogP contribution is 2.31. The summed E-state index contributed by atoms with van der Waals surface area (Å²) in [4.78, 5) is 8.12. The number of nitrogens with one attached hydrogen (secondary N) is 1. The minimum absolute atomic E-state index is 0.00496. The Morgan fingerprint density at radius 2 is 2.04 bits per heavy atom.